The van der Waals surface area contributed by atoms with Crippen LogP contribution >= 0.6 is 0 Å². The molecule has 1 aliphatic heterocycles. The number of para-hydroxylation sites is 1. The lowest BCUT2D eigenvalue weighted by atomic mass is 10.2. The topological polar surface area (TPSA) is 67.3 Å². The number of hydrogen-bond donors (Lipinski definition) is 2. The van der Waals surface area contributed by atoms with Gasteiger partial charge in [-0.1, -0.05) is 12.1 Å². The zero-order valence-corrected chi connectivity index (χ0v) is 9.71. The summed E-state index contributed by atoms with van der Waals surface area (Å²) in [6, 6.07) is 6.99. The molecule has 0 radical (unpaired) electrons. The van der Waals surface area contributed by atoms with Gasteiger partial charge in [-0.3, -0.25) is 0 Å². The first-order valence-electron chi connectivity index (χ1n) is 5.81. The zero-order valence-electron chi connectivity index (χ0n) is 9.71. The molecule has 92 valence electrons. The molecule has 1 saturated heterocycles. The van der Waals surface area contributed by atoms with Crippen molar-refractivity contribution in [1.82, 2.24) is 15.3 Å². The molecule has 0 aliphatic carbocycles. The van der Waals surface area contributed by atoms with Crippen LogP contribution in [0.2, 0.25) is 0 Å². The first kappa shape index (κ1) is 11.0. The van der Waals surface area contributed by atoms with Crippen LogP contribution in [-0.2, 0) is 0 Å². The average molecular weight is 243 g/mol. The first-order chi connectivity index (χ1) is 8.83. The Labute approximate surface area is 104 Å². The molecule has 0 saturated carbocycles. The van der Waals surface area contributed by atoms with E-state index in [0.717, 1.165) is 13.1 Å². The first-order valence-corrected chi connectivity index (χ1v) is 5.81. The van der Waals surface area contributed by atoms with Gasteiger partial charge in [0.2, 0.25) is 0 Å². The van der Waals surface area contributed by atoms with E-state index in [1.165, 1.54) is 0 Å². The number of benzene rings is 1. The summed E-state index contributed by atoms with van der Waals surface area (Å²) in [5, 5.41) is 12.8. The summed E-state index contributed by atoms with van der Waals surface area (Å²) < 4.78 is 5.62. The Balaban J connectivity index is 1.80. The number of nitrogens with one attached hydrogen (secondary N) is 1. The Bertz CT molecular complexity index is 538. The van der Waals surface area contributed by atoms with Crippen molar-refractivity contribution in [2.24, 2.45) is 0 Å². The molecule has 1 aromatic heterocycles. The highest BCUT2D eigenvalue weighted by molar-refractivity contribution is 5.63. The van der Waals surface area contributed by atoms with E-state index in [1.54, 1.807) is 30.6 Å². The lowest BCUT2D eigenvalue weighted by molar-refractivity contribution is 0.141. The standard InChI is InChI=1S/C13H13N3O2/c17-12-4-2-1-3-11(12)13-15-7-10(8-16-13)18-9-5-14-6-9/h1-4,7-9,14,17H,5-6H2. The predicted molar refractivity (Wildman–Crippen MR) is 66.4 cm³/mol. The van der Waals surface area contributed by atoms with Crippen LogP contribution in [0.5, 0.6) is 11.5 Å². The highest BCUT2D eigenvalue weighted by Crippen LogP contribution is 2.26. The highest BCUT2D eigenvalue weighted by Gasteiger charge is 2.18. The maximum Gasteiger partial charge on any atom is 0.163 e. The van der Waals surface area contributed by atoms with E-state index < -0.39 is 0 Å². The van der Waals surface area contributed by atoms with Gasteiger partial charge in [0.15, 0.2) is 11.6 Å². The van der Waals surface area contributed by atoms with Gasteiger partial charge in [-0.15, -0.1) is 0 Å². The fraction of sp³-hybridized carbons (Fsp3) is 0.231. The third-order valence-corrected chi connectivity index (χ3v) is 2.82. The smallest absolute Gasteiger partial charge is 0.163 e. The monoisotopic (exact) mass is 243 g/mol. The summed E-state index contributed by atoms with van der Waals surface area (Å²) in [7, 11) is 0. The van der Waals surface area contributed by atoms with Crippen LogP contribution in [0.1, 0.15) is 0 Å². The molecule has 1 aromatic carbocycles. The summed E-state index contributed by atoms with van der Waals surface area (Å²) in [6.07, 6.45) is 3.48. The molecule has 2 aromatic rings. The van der Waals surface area contributed by atoms with E-state index in [-0.39, 0.29) is 11.9 Å². The van der Waals surface area contributed by atoms with Crippen molar-refractivity contribution < 1.29 is 9.84 Å². The lowest BCUT2D eigenvalue weighted by Crippen LogP contribution is -2.50. The normalized spacial score (nSPS) is 15.1. The van der Waals surface area contributed by atoms with Crippen molar-refractivity contribution >= 4 is 0 Å². The minimum absolute atomic E-state index is 0.175. The summed E-state index contributed by atoms with van der Waals surface area (Å²) in [5.41, 5.74) is 0.620. The number of rotatable bonds is 3. The van der Waals surface area contributed by atoms with Gasteiger partial charge in [0.25, 0.3) is 0 Å². The fourth-order valence-electron chi connectivity index (χ4n) is 1.72. The van der Waals surface area contributed by atoms with E-state index in [1.807, 2.05) is 6.07 Å². The van der Waals surface area contributed by atoms with E-state index in [9.17, 15) is 5.11 Å². The van der Waals surface area contributed by atoms with Gasteiger partial charge in [-0.05, 0) is 12.1 Å². The SMILES string of the molecule is Oc1ccccc1-c1ncc(OC2CNC2)cn1. The Morgan fingerprint density at radius 2 is 1.89 bits per heavy atom. The number of phenols is 1. The van der Waals surface area contributed by atoms with Gasteiger partial charge in [0.1, 0.15) is 11.9 Å². The lowest BCUT2D eigenvalue weighted by Gasteiger charge is -2.27. The molecule has 0 bridgehead atoms. The predicted octanol–water partition coefficient (Wildman–Crippen LogP) is 1.20. The Kier molecular flexibility index (Phi) is 2.82. The van der Waals surface area contributed by atoms with Crippen LogP contribution in [-0.4, -0.2) is 34.3 Å². The number of nitrogens with zero attached hydrogens (tertiary/aromatic N) is 2. The molecule has 2 N–H and O–H groups in total. The molecule has 2 heterocycles. The average Bonchev–Trinajstić information content (AvgIpc) is 2.35. The number of phenolic OH excluding ortho intramolecular Hbond substituents is 1. The molecule has 1 fully saturated rings. The molecule has 1 aliphatic rings. The van der Waals surface area contributed by atoms with Crippen molar-refractivity contribution in [3.05, 3.63) is 36.7 Å². The summed E-state index contributed by atoms with van der Waals surface area (Å²) >= 11 is 0. The molecule has 18 heavy (non-hydrogen) atoms. The molecule has 3 rings (SSSR count). The zero-order chi connectivity index (χ0) is 12.4. The Hall–Kier alpha value is -2.14. The van der Waals surface area contributed by atoms with Crippen LogP contribution in [0.25, 0.3) is 11.4 Å². The summed E-state index contributed by atoms with van der Waals surface area (Å²) in [6.45, 7) is 1.72. The highest BCUT2D eigenvalue weighted by atomic mass is 16.5. The quantitative estimate of drug-likeness (QED) is 0.847. The van der Waals surface area contributed by atoms with Crippen LogP contribution in [0.4, 0.5) is 0 Å². The maximum atomic E-state index is 9.71. The molecule has 0 spiro atoms. The molecule has 0 unspecified atom stereocenters. The van der Waals surface area contributed by atoms with Crippen LogP contribution in [0.15, 0.2) is 36.7 Å². The Morgan fingerprint density at radius 3 is 2.50 bits per heavy atom. The summed E-state index contributed by atoms with van der Waals surface area (Å²) in [4.78, 5) is 8.41. The van der Waals surface area contributed by atoms with Crippen LogP contribution < -0.4 is 10.1 Å². The minimum Gasteiger partial charge on any atom is -0.507 e. The molecular weight excluding hydrogens is 230 g/mol. The second kappa shape index (κ2) is 4.62. The number of ether oxygens (including phenoxy) is 1. The van der Waals surface area contributed by atoms with E-state index in [2.05, 4.69) is 15.3 Å². The van der Waals surface area contributed by atoms with E-state index in [0.29, 0.717) is 17.1 Å². The van der Waals surface area contributed by atoms with E-state index in [4.69, 9.17) is 4.74 Å². The number of aromatic nitrogens is 2. The molecule has 0 atom stereocenters. The van der Waals surface area contributed by atoms with Gasteiger partial charge < -0.3 is 15.2 Å². The van der Waals surface area contributed by atoms with Gasteiger partial charge in [-0.2, -0.15) is 0 Å². The van der Waals surface area contributed by atoms with Gasteiger partial charge in [0.05, 0.1) is 18.0 Å². The maximum absolute atomic E-state index is 9.71. The summed E-state index contributed by atoms with van der Waals surface area (Å²) in [5.74, 6) is 1.32. The molecule has 5 heteroatoms. The van der Waals surface area contributed by atoms with Gasteiger partial charge in [-0.25, -0.2) is 9.97 Å². The third-order valence-electron chi connectivity index (χ3n) is 2.82. The van der Waals surface area contributed by atoms with Crippen molar-refractivity contribution in [2.75, 3.05) is 13.1 Å². The largest absolute Gasteiger partial charge is 0.507 e. The van der Waals surface area contributed by atoms with Crippen LogP contribution in [0.3, 0.4) is 0 Å². The third kappa shape index (κ3) is 2.12. The van der Waals surface area contributed by atoms with Crippen LogP contribution in [0, 0.1) is 0 Å². The van der Waals surface area contributed by atoms with Crippen molar-refractivity contribution in [2.45, 2.75) is 6.10 Å². The van der Waals surface area contributed by atoms with E-state index >= 15 is 0 Å². The van der Waals surface area contributed by atoms with Gasteiger partial charge in [0, 0.05) is 13.1 Å². The Morgan fingerprint density at radius 1 is 1.17 bits per heavy atom. The second-order valence-corrected chi connectivity index (χ2v) is 4.16. The van der Waals surface area contributed by atoms with Gasteiger partial charge >= 0.3 is 0 Å². The number of hydrogen-bond acceptors (Lipinski definition) is 5. The molecular formula is C13H13N3O2. The molecule has 5 nitrogen and oxygen atoms in total. The molecule has 0 amide bonds. The number of aromatic hydroxyl groups is 1. The second-order valence-electron chi connectivity index (χ2n) is 4.16. The van der Waals surface area contributed by atoms with Crippen molar-refractivity contribution in [1.29, 1.82) is 0 Å². The van der Waals surface area contributed by atoms with Crippen molar-refractivity contribution in [3.63, 3.8) is 0 Å². The minimum atomic E-state index is 0.175. The fourth-order valence-corrected chi connectivity index (χ4v) is 1.72. The van der Waals surface area contributed by atoms with Crippen molar-refractivity contribution in [3.8, 4) is 22.9 Å².